The minimum absolute atomic E-state index is 0.0591. The smallest absolute Gasteiger partial charge is 0.407 e. The van der Waals surface area contributed by atoms with Gasteiger partial charge < -0.3 is 53.1 Å². The summed E-state index contributed by atoms with van der Waals surface area (Å²) in [5, 5.41) is 25.9. The van der Waals surface area contributed by atoms with Crippen molar-refractivity contribution in [1.29, 1.82) is 0 Å². The number of benzene rings is 1. The fraction of sp³-hybridized carbons (Fsp3) is 0.760. The number of nitrogens with one attached hydrogen (secondary N) is 1. The van der Waals surface area contributed by atoms with Gasteiger partial charge in [0.15, 0.2) is 25.8 Å². The monoisotopic (exact) mass is 992 g/mol. The van der Waals surface area contributed by atoms with E-state index >= 15 is 13.6 Å². The van der Waals surface area contributed by atoms with Crippen LogP contribution in [0.25, 0.3) is 0 Å². The molecular weight excluding hydrogens is 919 g/mol. The molecule has 7 rings (SSSR count). The number of alkyl halides is 2. The molecule has 3 heterocycles. The quantitative estimate of drug-likeness (QED) is 0.0795. The first-order valence-corrected chi connectivity index (χ1v) is 27.2. The molecule has 3 aliphatic heterocycles. The summed E-state index contributed by atoms with van der Waals surface area (Å²) in [5.74, 6) is -3.69. The molecule has 1 aromatic rings. The molecular formula is C50H74F2N2O14Si. The van der Waals surface area contributed by atoms with E-state index in [0.29, 0.717) is 30.5 Å². The van der Waals surface area contributed by atoms with Gasteiger partial charge in [-0.15, -0.1) is 0 Å². The molecule has 0 aromatic heterocycles. The topological polar surface area (TPSA) is 198 Å². The molecule has 3 N–H and O–H groups in total. The third-order valence-corrected chi connectivity index (χ3v) is 21.4. The van der Waals surface area contributed by atoms with Crippen LogP contribution in [0, 0.1) is 16.7 Å². The zero-order valence-corrected chi connectivity index (χ0v) is 43.4. The zero-order chi connectivity index (χ0) is 51.0. The van der Waals surface area contributed by atoms with E-state index < -0.39 is 133 Å². The van der Waals surface area contributed by atoms with Gasteiger partial charge in [-0.25, -0.2) is 23.2 Å². The maximum atomic E-state index is 15.6. The molecule has 1 aromatic carbocycles. The molecule has 3 aliphatic carbocycles. The SMILES string of the molecule is CC(=O)O[C@@]12CO[C@@H]1CC[C@@]1(C)[C@@H]3O[C@H](CN4CC[C@@H]4CO)O[C@@H]3C3=C(C)[C@@H](OC(=O)[C@](C)(O[Si](C)(C)C(C)(C)C)[C@@H](NC(=O)OC(C)C)C(F)F)C[C@@](O)([C@@H](OC(=O)c4ccccc4)[C@@H]12)C3(C)C. The summed E-state index contributed by atoms with van der Waals surface area (Å²) in [6.07, 6.45) is -10.3. The van der Waals surface area contributed by atoms with E-state index in [1.165, 1.54) is 13.8 Å². The van der Waals surface area contributed by atoms with E-state index in [1.807, 2.05) is 27.7 Å². The molecule has 0 radical (unpaired) electrons. The Morgan fingerprint density at radius 2 is 1.68 bits per heavy atom. The molecule has 2 saturated carbocycles. The molecule has 0 spiro atoms. The minimum Gasteiger partial charge on any atom is -0.456 e. The number of esters is 3. The number of halogens is 2. The summed E-state index contributed by atoms with van der Waals surface area (Å²) >= 11 is 0. The number of aliphatic hydroxyl groups is 2. The highest BCUT2D eigenvalue weighted by Gasteiger charge is 2.77. The van der Waals surface area contributed by atoms with Gasteiger partial charge in [-0.3, -0.25) is 9.69 Å². The van der Waals surface area contributed by atoms with Crippen LogP contribution in [0.3, 0.4) is 0 Å². The van der Waals surface area contributed by atoms with Crippen LogP contribution in [0.5, 0.6) is 0 Å². The summed E-state index contributed by atoms with van der Waals surface area (Å²) in [6.45, 7) is 22.9. The third-order valence-electron chi connectivity index (χ3n) is 16.8. The second-order valence-corrected chi connectivity index (χ2v) is 27.6. The molecule has 2 bridgehead atoms. The zero-order valence-electron chi connectivity index (χ0n) is 42.4. The molecule has 386 valence electrons. The Morgan fingerprint density at radius 1 is 1.01 bits per heavy atom. The number of ether oxygens (including phenoxy) is 7. The van der Waals surface area contributed by atoms with E-state index in [4.69, 9.17) is 37.6 Å². The summed E-state index contributed by atoms with van der Waals surface area (Å²) in [7, 11) is -3.17. The van der Waals surface area contributed by atoms with Crippen LogP contribution in [0.2, 0.25) is 18.1 Å². The molecule has 5 fully saturated rings. The average Bonchev–Trinajstić information content (AvgIpc) is 3.64. The number of hydrogen-bond donors (Lipinski definition) is 3. The first-order chi connectivity index (χ1) is 32.0. The second kappa shape index (κ2) is 18.8. The Balaban J connectivity index is 1.43. The van der Waals surface area contributed by atoms with E-state index in [9.17, 15) is 24.6 Å². The summed E-state index contributed by atoms with van der Waals surface area (Å²) in [4.78, 5) is 58.4. The van der Waals surface area contributed by atoms with Gasteiger partial charge in [0, 0.05) is 43.3 Å². The molecule has 6 aliphatic rings. The van der Waals surface area contributed by atoms with Crippen molar-refractivity contribution in [3.8, 4) is 0 Å². The predicted molar refractivity (Wildman–Crippen MR) is 248 cm³/mol. The predicted octanol–water partition coefficient (Wildman–Crippen LogP) is 6.46. The number of amides is 1. The minimum atomic E-state index is -3.36. The van der Waals surface area contributed by atoms with Crippen molar-refractivity contribution in [2.75, 3.05) is 26.3 Å². The number of nitrogens with zero attached hydrogens (tertiary/aromatic N) is 1. The number of fused-ring (bicyclic) bond motifs is 8. The summed E-state index contributed by atoms with van der Waals surface area (Å²) in [5.41, 5.74) is -7.56. The number of rotatable bonds is 14. The Labute approximate surface area is 405 Å². The Bertz CT molecular complexity index is 2150. The normalized spacial score (nSPS) is 35.4. The van der Waals surface area contributed by atoms with Crippen LogP contribution < -0.4 is 5.32 Å². The molecule has 1 amide bonds. The van der Waals surface area contributed by atoms with E-state index in [0.717, 1.165) is 6.42 Å². The Morgan fingerprint density at radius 3 is 2.22 bits per heavy atom. The number of aliphatic hydroxyl groups excluding tert-OH is 1. The summed E-state index contributed by atoms with van der Waals surface area (Å²) < 4.78 is 82.8. The Hall–Kier alpha value is -3.56. The molecule has 0 unspecified atom stereocenters. The number of alkyl carbamates (subject to hydrolysis) is 1. The van der Waals surface area contributed by atoms with Crippen molar-refractivity contribution in [2.24, 2.45) is 16.7 Å². The maximum Gasteiger partial charge on any atom is 0.407 e. The highest BCUT2D eigenvalue weighted by Crippen LogP contribution is 2.67. The lowest BCUT2D eigenvalue weighted by Gasteiger charge is -2.68. The van der Waals surface area contributed by atoms with Gasteiger partial charge in [0.05, 0.1) is 36.9 Å². The Kier molecular flexibility index (Phi) is 14.5. The average molecular weight is 993 g/mol. The fourth-order valence-corrected chi connectivity index (χ4v) is 13.5. The van der Waals surface area contributed by atoms with Gasteiger partial charge >= 0.3 is 24.0 Å². The standard InChI is InChI=1S/C50H74F2N2O14Si/c1-27(2)62-44(59)53-38(41(51)52)48(11,68-69(12,13)45(5,6)7)43(58)63-32-23-50(60)40(66-42(57)30-17-15-14-16-18-30)37-47(10,21-19-33-49(37,26-61-33)67-29(4)56)39-36(35(28(32)3)46(50,8)9)64-34(65-39)24-54-22-20-31(54)25-55/h14-18,27,31-34,36-41,55,60H,19-26H2,1-13H3,(H,53,59)/t31-,32+,33-,34-,36-,37+,38+,39-,40+,47-,48-,49+,50-/m1/s1. The number of likely N-dealkylation sites (tertiary alicyclic amines) is 1. The van der Waals surface area contributed by atoms with Gasteiger partial charge in [0.25, 0.3) is 6.43 Å². The largest absolute Gasteiger partial charge is 0.456 e. The van der Waals surface area contributed by atoms with E-state index in [1.54, 1.807) is 78.0 Å². The van der Waals surface area contributed by atoms with Crippen LogP contribution >= 0.6 is 0 Å². The highest BCUT2D eigenvalue weighted by atomic mass is 28.4. The van der Waals surface area contributed by atoms with Crippen molar-refractivity contribution in [3.05, 3.63) is 47.0 Å². The van der Waals surface area contributed by atoms with Gasteiger partial charge in [0.1, 0.15) is 36.1 Å². The van der Waals surface area contributed by atoms with Crippen molar-refractivity contribution < 1.29 is 75.8 Å². The molecule has 69 heavy (non-hydrogen) atoms. The van der Waals surface area contributed by atoms with Crippen LogP contribution in [0.4, 0.5) is 13.6 Å². The van der Waals surface area contributed by atoms with E-state index in [2.05, 4.69) is 10.2 Å². The lowest BCUT2D eigenvalue weighted by Crippen LogP contribution is -2.79. The molecule has 13 atom stereocenters. The highest BCUT2D eigenvalue weighted by molar-refractivity contribution is 6.74. The lowest BCUT2D eigenvalue weighted by molar-refractivity contribution is -0.345. The lowest BCUT2D eigenvalue weighted by atomic mass is 9.45. The fourth-order valence-electron chi connectivity index (χ4n) is 11.9. The first-order valence-electron chi connectivity index (χ1n) is 24.3. The van der Waals surface area contributed by atoms with Gasteiger partial charge in [-0.05, 0) is 88.4 Å². The molecule has 16 nitrogen and oxygen atoms in total. The maximum absolute atomic E-state index is 15.6. The second-order valence-electron chi connectivity index (χ2n) is 22.8. The first kappa shape index (κ1) is 53.2. The van der Waals surface area contributed by atoms with Crippen LogP contribution in [-0.4, -0.2) is 152 Å². The number of hydrogen-bond acceptors (Lipinski definition) is 15. The third kappa shape index (κ3) is 9.18. The molecule has 19 heteroatoms. The van der Waals surface area contributed by atoms with Crippen molar-refractivity contribution in [3.63, 3.8) is 0 Å². The van der Waals surface area contributed by atoms with Gasteiger partial charge in [-0.1, -0.05) is 59.7 Å². The van der Waals surface area contributed by atoms with Gasteiger partial charge in [-0.2, -0.15) is 0 Å². The summed E-state index contributed by atoms with van der Waals surface area (Å²) in [6, 6.07) is 5.88. The number of carbonyl (C=O) groups is 4. The van der Waals surface area contributed by atoms with Gasteiger partial charge in [0.2, 0.25) is 0 Å². The van der Waals surface area contributed by atoms with Crippen LogP contribution in [-0.2, 0) is 47.2 Å². The number of carbonyl (C=O) groups excluding carboxylic acids is 4. The van der Waals surface area contributed by atoms with Crippen molar-refractivity contribution in [2.45, 2.75) is 198 Å². The van der Waals surface area contributed by atoms with Crippen LogP contribution in [0.1, 0.15) is 112 Å². The van der Waals surface area contributed by atoms with E-state index in [-0.39, 0.29) is 31.4 Å². The van der Waals surface area contributed by atoms with Crippen molar-refractivity contribution in [1.82, 2.24) is 10.2 Å². The van der Waals surface area contributed by atoms with Crippen molar-refractivity contribution >= 4 is 32.3 Å². The van der Waals surface area contributed by atoms with Crippen LogP contribution in [0.15, 0.2) is 41.5 Å². The molecule has 3 saturated heterocycles.